The Morgan fingerprint density at radius 2 is 1.66 bits per heavy atom. The second kappa shape index (κ2) is 15.3. The number of halogens is 3. The van der Waals surface area contributed by atoms with Crippen LogP contribution in [0.1, 0.15) is 77.4 Å². The molecule has 0 spiro atoms. The summed E-state index contributed by atoms with van der Waals surface area (Å²) in [7, 11) is 0. The van der Waals surface area contributed by atoms with Gasteiger partial charge in [0.1, 0.15) is 11.7 Å². The van der Waals surface area contributed by atoms with Gasteiger partial charge in [-0.25, -0.2) is 9.50 Å². The number of hydrogen-bond donors (Lipinski definition) is 2. The predicted molar refractivity (Wildman–Crippen MR) is 203 cm³/mol. The average Bonchev–Trinajstić information content (AvgIpc) is 3.72. The number of anilines is 1. The second-order valence-electron chi connectivity index (χ2n) is 14.4. The van der Waals surface area contributed by atoms with E-state index in [-0.39, 0.29) is 47.3 Å². The molecule has 58 heavy (non-hydrogen) atoms. The molecular weight excluding hydrogens is 754 g/mol. The molecule has 1 atom stereocenters. The maximum Gasteiger partial charge on any atom is 0.416 e. The van der Waals surface area contributed by atoms with Crippen LogP contribution in [0.5, 0.6) is 0 Å². The molecule has 2 saturated heterocycles. The maximum absolute atomic E-state index is 14.4. The number of fused-ring (bicyclic) bond motifs is 2. The predicted octanol–water partition coefficient (Wildman–Crippen LogP) is 4.43. The summed E-state index contributed by atoms with van der Waals surface area (Å²) in [5.74, 6) is 3.20. The lowest BCUT2D eigenvalue weighted by molar-refractivity contribution is -0.138. The minimum Gasteiger partial charge on any atom is -0.322 e. The van der Waals surface area contributed by atoms with Gasteiger partial charge in [-0.15, -0.1) is 0 Å². The highest BCUT2D eigenvalue weighted by atomic mass is 19.4. The largest absolute Gasteiger partial charge is 0.416 e. The van der Waals surface area contributed by atoms with E-state index in [1.165, 1.54) is 12.1 Å². The zero-order valence-corrected chi connectivity index (χ0v) is 31.1. The molecule has 8 rings (SSSR count). The van der Waals surface area contributed by atoms with E-state index in [1.54, 1.807) is 65.4 Å². The lowest BCUT2D eigenvalue weighted by atomic mass is 10.0. The average molecular weight is 789 g/mol. The highest BCUT2D eigenvalue weighted by Gasteiger charge is 2.44. The van der Waals surface area contributed by atoms with Crippen molar-refractivity contribution in [2.45, 2.75) is 45.1 Å². The second-order valence-corrected chi connectivity index (χ2v) is 14.4. The first kappa shape index (κ1) is 38.2. The van der Waals surface area contributed by atoms with Crippen LogP contribution in [0.3, 0.4) is 0 Å². The monoisotopic (exact) mass is 788 g/mol. The molecule has 3 aliphatic heterocycles. The zero-order chi connectivity index (χ0) is 40.7. The SMILES string of the molecule is Cc1ccc(C(=O)Nc2ccc(CN3CCN(Cc4ccc5c(c4)C(=O)N(C4CCC(=O)NC4=O)C5=O)CC3)c(C(F)(F)F)c2)cc1C#Cc1cnc2cccnn12. The lowest BCUT2D eigenvalue weighted by Gasteiger charge is -2.35. The lowest BCUT2D eigenvalue weighted by Crippen LogP contribution is -2.54. The number of piperidine rings is 1. The Morgan fingerprint density at radius 3 is 2.41 bits per heavy atom. The summed E-state index contributed by atoms with van der Waals surface area (Å²) in [5, 5.41) is 9.04. The number of imide groups is 2. The van der Waals surface area contributed by atoms with E-state index in [2.05, 4.69) is 37.5 Å². The van der Waals surface area contributed by atoms with Crippen LogP contribution in [-0.4, -0.2) is 91.1 Å². The third kappa shape index (κ3) is 7.69. The van der Waals surface area contributed by atoms with Gasteiger partial charge in [-0.3, -0.25) is 44.0 Å². The van der Waals surface area contributed by atoms with Crippen LogP contribution in [0.4, 0.5) is 18.9 Å². The summed E-state index contributed by atoms with van der Waals surface area (Å²) in [6.45, 7) is 4.38. The van der Waals surface area contributed by atoms with Gasteiger partial charge in [0.15, 0.2) is 5.65 Å². The van der Waals surface area contributed by atoms with E-state index in [0.29, 0.717) is 49.6 Å². The Kier molecular flexibility index (Phi) is 10.1. The van der Waals surface area contributed by atoms with Gasteiger partial charge < -0.3 is 5.32 Å². The Morgan fingerprint density at radius 1 is 0.897 bits per heavy atom. The Hall–Kier alpha value is -6.70. The molecule has 3 aromatic carbocycles. The number of amides is 5. The summed E-state index contributed by atoms with van der Waals surface area (Å²) in [6.07, 6.45) is -1.36. The molecule has 2 fully saturated rings. The van der Waals surface area contributed by atoms with E-state index >= 15 is 0 Å². The van der Waals surface area contributed by atoms with E-state index in [9.17, 15) is 37.1 Å². The van der Waals surface area contributed by atoms with E-state index in [4.69, 9.17) is 0 Å². The van der Waals surface area contributed by atoms with Crippen molar-refractivity contribution in [3.05, 3.63) is 129 Å². The Bertz CT molecular complexity index is 2580. The number of benzene rings is 3. The number of nitrogens with zero attached hydrogens (tertiary/aromatic N) is 6. The summed E-state index contributed by atoms with van der Waals surface area (Å²) < 4.78 is 44.8. The molecule has 1 unspecified atom stereocenters. The van der Waals surface area contributed by atoms with Crippen LogP contribution in [0.15, 0.2) is 79.1 Å². The molecule has 2 N–H and O–H groups in total. The van der Waals surface area contributed by atoms with Gasteiger partial charge in [0.05, 0.1) is 22.9 Å². The third-order valence-corrected chi connectivity index (χ3v) is 10.5. The highest BCUT2D eigenvalue weighted by molar-refractivity contribution is 6.23. The number of nitrogens with one attached hydrogen (secondary N) is 2. The van der Waals surface area contributed by atoms with Crippen molar-refractivity contribution in [1.82, 2.24) is 34.6 Å². The number of imidazole rings is 1. The normalized spacial score (nSPS) is 17.6. The maximum atomic E-state index is 14.4. The van der Waals surface area contributed by atoms with Crippen molar-refractivity contribution in [3.63, 3.8) is 0 Å². The van der Waals surface area contributed by atoms with Gasteiger partial charge in [0, 0.05) is 68.7 Å². The quantitative estimate of drug-likeness (QED) is 0.181. The van der Waals surface area contributed by atoms with E-state index in [1.807, 2.05) is 11.8 Å². The van der Waals surface area contributed by atoms with Crippen LogP contribution in [0, 0.1) is 18.8 Å². The third-order valence-electron chi connectivity index (χ3n) is 10.5. The van der Waals surface area contributed by atoms with Crippen LogP contribution >= 0.6 is 0 Å². The van der Waals surface area contributed by atoms with Crippen molar-refractivity contribution in [2.24, 2.45) is 0 Å². The summed E-state index contributed by atoms with van der Waals surface area (Å²) >= 11 is 0. The molecule has 294 valence electrons. The van der Waals surface area contributed by atoms with Crippen molar-refractivity contribution in [1.29, 1.82) is 0 Å². The number of piperazine rings is 1. The molecule has 5 aromatic rings. The summed E-state index contributed by atoms with van der Waals surface area (Å²) in [6, 6.07) is 16.2. The molecular formula is C42H35F3N8O5. The molecule has 0 bridgehead atoms. The van der Waals surface area contributed by atoms with Crippen molar-refractivity contribution >= 4 is 40.9 Å². The number of carbonyl (C=O) groups is 5. The van der Waals surface area contributed by atoms with Gasteiger partial charge in [0.2, 0.25) is 11.8 Å². The first-order valence-electron chi connectivity index (χ1n) is 18.5. The van der Waals surface area contributed by atoms with Gasteiger partial charge in [-0.05, 0) is 84.5 Å². The molecule has 13 nitrogen and oxygen atoms in total. The van der Waals surface area contributed by atoms with Crippen LogP contribution in [-0.2, 0) is 28.9 Å². The number of aryl methyl sites for hydroxylation is 1. The first-order valence-corrected chi connectivity index (χ1v) is 18.5. The molecule has 5 heterocycles. The van der Waals surface area contributed by atoms with Gasteiger partial charge >= 0.3 is 6.18 Å². The van der Waals surface area contributed by atoms with E-state index in [0.717, 1.165) is 22.1 Å². The standard InChI is InChI=1S/C42H35F3N8O5/c1-25-4-6-28(20-27(25)8-10-31-22-46-36-3-2-14-47-53(31)36)38(55)48-30-9-7-29(34(21-30)42(43,44)45)24-51-17-15-50(16-18-51)23-26-5-11-32-33(19-26)41(58)52(40(32)57)35-12-13-37(54)49-39(35)56/h2-7,9,11,14,19-22,35H,12-13,15-18,23-24H2,1H3,(H,48,55)(H,49,54,56). The number of rotatable bonds is 7. The van der Waals surface area contributed by atoms with Gasteiger partial charge in [-0.1, -0.05) is 24.1 Å². The smallest absolute Gasteiger partial charge is 0.322 e. The number of aromatic nitrogens is 3. The van der Waals surface area contributed by atoms with Crippen LogP contribution in [0.2, 0.25) is 0 Å². The minimum absolute atomic E-state index is 0.00525. The molecule has 2 aromatic heterocycles. The number of carbonyl (C=O) groups excluding carboxylic acids is 5. The highest BCUT2D eigenvalue weighted by Crippen LogP contribution is 2.35. The molecule has 0 saturated carbocycles. The molecule has 3 aliphatic rings. The zero-order valence-electron chi connectivity index (χ0n) is 31.1. The Labute approximate surface area is 329 Å². The summed E-state index contributed by atoms with van der Waals surface area (Å²) in [4.78, 5) is 72.8. The molecule has 0 aliphatic carbocycles. The molecule has 0 radical (unpaired) electrons. The van der Waals surface area contributed by atoms with Crippen LogP contribution < -0.4 is 10.6 Å². The fraction of sp³-hybridized carbons (Fsp3) is 0.262. The molecule has 5 amide bonds. The Balaban J connectivity index is 0.891. The van der Waals surface area contributed by atoms with Crippen molar-refractivity contribution in [3.8, 4) is 11.8 Å². The fourth-order valence-corrected chi connectivity index (χ4v) is 7.42. The van der Waals surface area contributed by atoms with Crippen molar-refractivity contribution < 1.29 is 37.1 Å². The first-order chi connectivity index (χ1) is 27.8. The fourth-order valence-electron chi connectivity index (χ4n) is 7.42. The topological polar surface area (TPSA) is 149 Å². The molecule has 16 heteroatoms. The van der Waals surface area contributed by atoms with E-state index < -0.39 is 47.3 Å². The minimum atomic E-state index is -4.67. The van der Waals surface area contributed by atoms with Gasteiger partial charge in [0.25, 0.3) is 17.7 Å². The number of hydrogen-bond acceptors (Lipinski definition) is 9. The van der Waals surface area contributed by atoms with Gasteiger partial charge in [-0.2, -0.15) is 18.3 Å². The number of alkyl halides is 3. The van der Waals surface area contributed by atoms with Crippen LogP contribution in [0.25, 0.3) is 5.65 Å². The van der Waals surface area contributed by atoms with Crippen molar-refractivity contribution in [2.75, 3.05) is 31.5 Å². The summed E-state index contributed by atoms with van der Waals surface area (Å²) in [5.41, 5.74) is 3.21.